The van der Waals surface area contributed by atoms with Gasteiger partial charge in [-0.25, -0.2) is 9.59 Å². The molecule has 0 bridgehead atoms. The standard InChI is InChI=1S/C40H56O6Si2/c1-8-13-14-15-16-17-18-19-20-21-22-23-24-25-38(43-45-39(41)34-26-30-36(31-27-34)47(6,9-2)10-3)44-46-40(42)35-28-32-37(33-29-35)48(7,11-4)12-5/h9-12,26-33H,1-5,8,13-25H2,6-7H3. The Hall–Kier alpha value is -3.31. The molecular formula is C40H56O6Si2. The molecule has 0 spiro atoms. The Morgan fingerprint density at radius 2 is 0.833 bits per heavy atom. The fourth-order valence-corrected chi connectivity index (χ4v) is 8.19. The Bertz CT molecular complexity index is 1190. The summed E-state index contributed by atoms with van der Waals surface area (Å²) in [4.78, 5) is 46.4. The molecular weight excluding hydrogens is 633 g/mol. The summed E-state index contributed by atoms with van der Waals surface area (Å²) in [6, 6.07) is 14.2. The topological polar surface area (TPSA) is 71.1 Å². The minimum atomic E-state index is -2.01. The predicted octanol–water partition coefficient (Wildman–Crippen LogP) is 9.82. The summed E-state index contributed by atoms with van der Waals surface area (Å²) in [5.74, 6) is -1.38. The molecule has 260 valence electrons. The average molecular weight is 689 g/mol. The first kappa shape index (κ1) is 40.9. The number of unbranched alkanes of at least 4 members (excludes halogenated alkanes) is 12. The third-order valence-corrected chi connectivity index (χ3v) is 15.5. The van der Waals surface area contributed by atoms with E-state index in [-0.39, 0.29) is 6.29 Å². The van der Waals surface area contributed by atoms with Crippen molar-refractivity contribution in [2.45, 2.75) is 103 Å². The highest BCUT2D eigenvalue weighted by atomic mass is 28.3. The first-order chi connectivity index (χ1) is 23.2. The lowest BCUT2D eigenvalue weighted by Gasteiger charge is -2.19. The van der Waals surface area contributed by atoms with Crippen LogP contribution in [0.2, 0.25) is 13.1 Å². The molecule has 2 aromatic carbocycles. The molecule has 8 heteroatoms. The quantitative estimate of drug-likeness (QED) is 0.0424. The van der Waals surface area contributed by atoms with Crippen molar-refractivity contribution in [2.75, 3.05) is 0 Å². The third kappa shape index (κ3) is 13.7. The molecule has 6 nitrogen and oxygen atoms in total. The molecule has 0 atom stereocenters. The monoisotopic (exact) mass is 688 g/mol. The van der Waals surface area contributed by atoms with Crippen molar-refractivity contribution in [3.63, 3.8) is 0 Å². The molecule has 0 aliphatic heterocycles. The maximum Gasteiger partial charge on any atom is 0.373 e. The van der Waals surface area contributed by atoms with Gasteiger partial charge in [0.1, 0.15) is 16.1 Å². The van der Waals surface area contributed by atoms with E-state index in [1.165, 1.54) is 51.4 Å². The van der Waals surface area contributed by atoms with Crippen LogP contribution in [-0.4, -0.2) is 28.1 Å². The summed E-state index contributed by atoms with van der Waals surface area (Å²) in [6.45, 7) is 23.9. The summed E-state index contributed by atoms with van der Waals surface area (Å²) in [5, 5.41) is 2.14. The van der Waals surface area contributed by atoms with Gasteiger partial charge < -0.3 is 0 Å². The van der Waals surface area contributed by atoms with E-state index in [1.54, 1.807) is 24.3 Å². The summed E-state index contributed by atoms with van der Waals surface area (Å²) in [6.07, 6.45) is 15.4. The number of carbonyl (C=O) groups is 2. The molecule has 0 unspecified atom stereocenters. The van der Waals surface area contributed by atoms with Crippen LogP contribution in [0, 0.1) is 13.2 Å². The minimum absolute atomic E-state index is 0.0969. The second-order valence-electron chi connectivity index (χ2n) is 12.7. The molecule has 0 heterocycles. The molecule has 0 aliphatic rings. The van der Waals surface area contributed by atoms with Crippen LogP contribution in [0.1, 0.15) is 111 Å². The van der Waals surface area contributed by atoms with Gasteiger partial charge in [-0.15, -0.1) is 36.1 Å². The maximum absolute atomic E-state index is 12.8. The summed E-state index contributed by atoms with van der Waals surface area (Å²) in [7, 11) is -4.02. The van der Waals surface area contributed by atoms with E-state index in [2.05, 4.69) is 46.3 Å². The van der Waals surface area contributed by atoms with Gasteiger partial charge in [0.2, 0.25) is 0 Å². The minimum Gasteiger partial charge on any atom is -0.289 e. The first-order valence-electron chi connectivity index (χ1n) is 17.3. The van der Waals surface area contributed by atoms with Gasteiger partial charge in [-0.1, -0.05) is 155 Å². The number of hydrogen-bond donors (Lipinski definition) is 0. The normalized spacial score (nSPS) is 11.6. The van der Waals surface area contributed by atoms with E-state index in [0.717, 1.165) is 42.5 Å². The van der Waals surface area contributed by atoms with Crippen LogP contribution in [0.5, 0.6) is 0 Å². The fraction of sp³-hybridized carbons (Fsp3) is 0.400. The molecule has 0 aliphatic carbocycles. The molecule has 0 N–H and O–H groups in total. The average Bonchev–Trinajstić information content (AvgIpc) is 3.13. The van der Waals surface area contributed by atoms with Gasteiger partial charge in [0, 0.05) is 6.42 Å². The van der Waals surface area contributed by atoms with Gasteiger partial charge >= 0.3 is 18.2 Å². The Labute approximate surface area is 291 Å². The Morgan fingerprint density at radius 1 is 0.521 bits per heavy atom. The van der Waals surface area contributed by atoms with E-state index >= 15 is 0 Å². The highest BCUT2D eigenvalue weighted by Gasteiger charge is 2.25. The van der Waals surface area contributed by atoms with Crippen LogP contribution >= 0.6 is 0 Å². The number of benzene rings is 2. The van der Waals surface area contributed by atoms with Crippen molar-refractivity contribution < 1.29 is 29.1 Å². The van der Waals surface area contributed by atoms with Gasteiger partial charge in [0.25, 0.3) is 0 Å². The highest BCUT2D eigenvalue weighted by Crippen LogP contribution is 2.20. The van der Waals surface area contributed by atoms with E-state index in [4.69, 9.17) is 19.6 Å². The Morgan fingerprint density at radius 3 is 1.15 bits per heavy atom. The zero-order chi connectivity index (χ0) is 35.3. The molecule has 0 aromatic heterocycles. The van der Waals surface area contributed by atoms with Crippen LogP contribution in [-0.2, 0) is 19.6 Å². The van der Waals surface area contributed by atoms with Gasteiger partial charge in [0.15, 0.2) is 0 Å². The zero-order valence-electron chi connectivity index (χ0n) is 29.3. The van der Waals surface area contributed by atoms with Crippen molar-refractivity contribution in [1.29, 1.82) is 0 Å². The largest absolute Gasteiger partial charge is 0.373 e. The molecule has 2 aromatic rings. The van der Waals surface area contributed by atoms with E-state index in [1.807, 2.05) is 47.1 Å². The molecule has 0 fully saturated rings. The molecule has 48 heavy (non-hydrogen) atoms. The summed E-state index contributed by atoms with van der Waals surface area (Å²) >= 11 is 0. The van der Waals surface area contributed by atoms with Crippen molar-refractivity contribution in [3.8, 4) is 0 Å². The van der Waals surface area contributed by atoms with Gasteiger partial charge in [-0.2, -0.15) is 0 Å². The molecule has 2 rings (SSSR count). The lowest BCUT2D eigenvalue weighted by Crippen LogP contribution is -2.40. The molecule has 0 saturated heterocycles. The smallest absolute Gasteiger partial charge is 0.289 e. The van der Waals surface area contributed by atoms with Crippen LogP contribution in [0.25, 0.3) is 0 Å². The number of hydrogen-bond acceptors (Lipinski definition) is 6. The van der Waals surface area contributed by atoms with Gasteiger partial charge in [-0.3, -0.25) is 9.78 Å². The van der Waals surface area contributed by atoms with Crippen LogP contribution in [0.15, 0.2) is 97.6 Å². The van der Waals surface area contributed by atoms with E-state index in [9.17, 15) is 9.59 Å². The number of carbonyl (C=O) groups excluding carboxylic acids is 2. The maximum atomic E-state index is 12.8. The molecule has 0 saturated carbocycles. The second-order valence-corrected chi connectivity index (χ2v) is 20.6. The second kappa shape index (κ2) is 22.4. The fourth-order valence-electron chi connectivity index (χ4n) is 5.14. The summed E-state index contributed by atoms with van der Waals surface area (Å²) < 4.78 is 0. The van der Waals surface area contributed by atoms with Gasteiger partial charge in [0.05, 0.1) is 11.1 Å². The third-order valence-electron chi connectivity index (χ3n) is 8.98. The molecule has 2 radical (unpaired) electrons. The summed E-state index contributed by atoms with van der Waals surface area (Å²) in [5.41, 5.74) is 8.35. The van der Waals surface area contributed by atoms with Gasteiger partial charge in [-0.05, 0) is 30.7 Å². The molecule has 0 amide bonds. The number of rotatable bonds is 26. The predicted molar refractivity (Wildman–Crippen MR) is 202 cm³/mol. The van der Waals surface area contributed by atoms with E-state index < -0.39 is 28.1 Å². The van der Waals surface area contributed by atoms with Crippen molar-refractivity contribution in [3.05, 3.63) is 122 Å². The first-order valence-corrected chi connectivity index (χ1v) is 22.7. The Kier molecular flexibility index (Phi) is 19.0. The van der Waals surface area contributed by atoms with Crippen molar-refractivity contribution in [1.82, 2.24) is 0 Å². The van der Waals surface area contributed by atoms with Crippen molar-refractivity contribution in [2.24, 2.45) is 0 Å². The van der Waals surface area contributed by atoms with Crippen molar-refractivity contribution >= 4 is 38.5 Å². The lowest BCUT2D eigenvalue weighted by atomic mass is 10.0. The Balaban J connectivity index is 1.90. The highest BCUT2D eigenvalue weighted by molar-refractivity contribution is 6.99. The van der Waals surface area contributed by atoms with E-state index in [0.29, 0.717) is 17.5 Å². The van der Waals surface area contributed by atoms with Crippen LogP contribution in [0.4, 0.5) is 0 Å². The zero-order valence-corrected chi connectivity index (χ0v) is 31.3. The van der Waals surface area contributed by atoms with Crippen LogP contribution < -0.4 is 10.4 Å². The lowest BCUT2D eigenvalue weighted by molar-refractivity contribution is -0.363. The SMILES string of the molecule is [CH2]CCCCCCCCCCCCCC[C](OOC(=O)c1ccc([Si](C)(C=C)C=C)cc1)OOC(=O)c1ccc([Si](C)(C=C)C=C)cc1. The van der Waals surface area contributed by atoms with Crippen LogP contribution in [0.3, 0.4) is 0 Å².